The Kier molecular flexibility index (Phi) is 3.48. The molecule has 0 unspecified atom stereocenters. The summed E-state index contributed by atoms with van der Waals surface area (Å²) in [4.78, 5) is 11.3. The summed E-state index contributed by atoms with van der Waals surface area (Å²) >= 11 is 0. The van der Waals surface area contributed by atoms with Crippen molar-refractivity contribution in [1.82, 2.24) is 0 Å². The van der Waals surface area contributed by atoms with E-state index in [0.29, 0.717) is 16.7 Å². The molecule has 4 heteroatoms. The molecule has 4 nitrogen and oxygen atoms in total. The molecule has 0 fully saturated rings. The monoisotopic (exact) mass is 253 g/mol. The highest BCUT2D eigenvalue weighted by Gasteiger charge is 2.06. The average molecular weight is 253 g/mol. The first-order chi connectivity index (χ1) is 9.13. The van der Waals surface area contributed by atoms with Crippen molar-refractivity contribution >= 4 is 5.97 Å². The van der Waals surface area contributed by atoms with Crippen LogP contribution in [-0.4, -0.2) is 18.2 Å². The fourth-order valence-corrected chi connectivity index (χ4v) is 1.76. The molecular weight excluding hydrogens is 242 g/mol. The number of ether oxygens (including phenoxy) is 1. The first kappa shape index (κ1) is 12.7. The number of aromatic hydroxyl groups is 1. The smallest absolute Gasteiger partial charge is 0.337 e. The summed E-state index contributed by atoms with van der Waals surface area (Å²) in [6.07, 6.45) is 0. The number of nitriles is 1. The molecule has 0 aromatic heterocycles. The number of methoxy groups -OCH3 is 1. The van der Waals surface area contributed by atoms with Crippen molar-refractivity contribution in [2.75, 3.05) is 7.11 Å². The molecule has 2 rings (SSSR count). The van der Waals surface area contributed by atoms with Gasteiger partial charge in [0.15, 0.2) is 0 Å². The Balaban J connectivity index is 2.40. The van der Waals surface area contributed by atoms with Gasteiger partial charge in [-0.25, -0.2) is 4.79 Å². The molecule has 2 aromatic rings. The Morgan fingerprint density at radius 3 is 2.42 bits per heavy atom. The minimum atomic E-state index is -0.403. The molecule has 94 valence electrons. The van der Waals surface area contributed by atoms with Gasteiger partial charge in [-0.3, -0.25) is 0 Å². The van der Waals surface area contributed by atoms with E-state index in [1.54, 1.807) is 36.4 Å². The highest BCUT2D eigenvalue weighted by molar-refractivity contribution is 5.90. The second kappa shape index (κ2) is 5.23. The van der Waals surface area contributed by atoms with Crippen LogP contribution in [0.4, 0.5) is 0 Å². The van der Waals surface area contributed by atoms with Gasteiger partial charge in [-0.2, -0.15) is 5.26 Å². The Morgan fingerprint density at radius 1 is 1.16 bits per heavy atom. The molecule has 19 heavy (non-hydrogen) atoms. The molecule has 0 aliphatic carbocycles. The zero-order chi connectivity index (χ0) is 13.8. The molecule has 0 bridgehead atoms. The van der Waals surface area contributed by atoms with Crippen LogP contribution in [0.1, 0.15) is 15.9 Å². The molecular formula is C15H11NO3. The van der Waals surface area contributed by atoms with Gasteiger partial charge in [-0.05, 0) is 41.5 Å². The van der Waals surface area contributed by atoms with E-state index in [1.165, 1.54) is 13.2 Å². The summed E-state index contributed by atoms with van der Waals surface area (Å²) in [5.41, 5.74) is 2.35. The molecule has 1 N–H and O–H groups in total. The lowest BCUT2D eigenvalue weighted by Gasteiger charge is -2.05. The number of esters is 1. The Morgan fingerprint density at radius 2 is 1.84 bits per heavy atom. The molecule has 0 radical (unpaired) electrons. The van der Waals surface area contributed by atoms with Crippen molar-refractivity contribution in [1.29, 1.82) is 5.26 Å². The van der Waals surface area contributed by atoms with E-state index in [1.807, 2.05) is 6.07 Å². The van der Waals surface area contributed by atoms with Crippen molar-refractivity contribution < 1.29 is 14.6 Å². The molecule has 0 aliphatic rings. The van der Waals surface area contributed by atoms with E-state index >= 15 is 0 Å². The Labute approximate surface area is 110 Å². The number of carbonyl (C=O) groups excluding carboxylic acids is 1. The fraction of sp³-hybridized carbons (Fsp3) is 0.0667. The molecule has 0 aliphatic heterocycles. The van der Waals surface area contributed by atoms with Gasteiger partial charge >= 0.3 is 5.97 Å². The predicted octanol–water partition coefficient (Wildman–Crippen LogP) is 2.72. The van der Waals surface area contributed by atoms with Crippen molar-refractivity contribution in [3.05, 3.63) is 53.6 Å². The molecule has 0 spiro atoms. The van der Waals surface area contributed by atoms with Crippen LogP contribution in [0.25, 0.3) is 11.1 Å². The van der Waals surface area contributed by atoms with Gasteiger partial charge in [0.05, 0.1) is 24.3 Å². The Bertz CT molecular complexity index is 654. The van der Waals surface area contributed by atoms with Crippen LogP contribution in [-0.2, 0) is 4.74 Å². The van der Waals surface area contributed by atoms with Gasteiger partial charge in [0.25, 0.3) is 0 Å². The zero-order valence-corrected chi connectivity index (χ0v) is 10.3. The average Bonchev–Trinajstić information content (AvgIpc) is 2.46. The van der Waals surface area contributed by atoms with Crippen molar-refractivity contribution in [3.63, 3.8) is 0 Å². The number of hydrogen-bond acceptors (Lipinski definition) is 4. The van der Waals surface area contributed by atoms with Crippen LogP contribution >= 0.6 is 0 Å². The van der Waals surface area contributed by atoms with Gasteiger partial charge in [-0.1, -0.05) is 12.1 Å². The summed E-state index contributed by atoms with van der Waals surface area (Å²) < 4.78 is 4.62. The van der Waals surface area contributed by atoms with Gasteiger partial charge in [0.2, 0.25) is 0 Å². The molecule has 0 saturated heterocycles. The highest BCUT2D eigenvalue weighted by atomic mass is 16.5. The maximum atomic E-state index is 11.3. The molecule has 2 aromatic carbocycles. The van der Waals surface area contributed by atoms with E-state index in [2.05, 4.69) is 4.74 Å². The van der Waals surface area contributed by atoms with E-state index in [4.69, 9.17) is 5.26 Å². The third-order valence-electron chi connectivity index (χ3n) is 2.69. The minimum Gasteiger partial charge on any atom is -0.508 e. The van der Waals surface area contributed by atoms with E-state index in [9.17, 15) is 9.90 Å². The van der Waals surface area contributed by atoms with Crippen LogP contribution in [0.15, 0.2) is 42.5 Å². The first-order valence-corrected chi connectivity index (χ1v) is 5.57. The summed E-state index contributed by atoms with van der Waals surface area (Å²) in [5, 5.41) is 18.4. The minimum absolute atomic E-state index is 0.0334. The summed E-state index contributed by atoms with van der Waals surface area (Å²) in [6.45, 7) is 0. The van der Waals surface area contributed by atoms with Crippen LogP contribution in [0, 0.1) is 11.3 Å². The van der Waals surface area contributed by atoms with Crippen LogP contribution < -0.4 is 0 Å². The number of nitrogens with zero attached hydrogens (tertiary/aromatic N) is 1. The number of benzene rings is 2. The summed E-state index contributed by atoms with van der Waals surface area (Å²) in [5.74, 6) is -0.369. The van der Waals surface area contributed by atoms with Crippen molar-refractivity contribution in [2.45, 2.75) is 0 Å². The van der Waals surface area contributed by atoms with Crippen LogP contribution in [0.5, 0.6) is 5.75 Å². The first-order valence-electron chi connectivity index (χ1n) is 5.57. The third-order valence-corrected chi connectivity index (χ3v) is 2.69. The van der Waals surface area contributed by atoms with E-state index < -0.39 is 5.97 Å². The van der Waals surface area contributed by atoms with Crippen molar-refractivity contribution in [2.24, 2.45) is 0 Å². The number of carbonyl (C=O) groups is 1. The van der Waals surface area contributed by atoms with Crippen LogP contribution in [0.3, 0.4) is 0 Å². The molecule has 0 amide bonds. The number of hydrogen-bond donors (Lipinski definition) is 1. The molecule has 0 heterocycles. The fourth-order valence-electron chi connectivity index (χ4n) is 1.76. The van der Waals surface area contributed by atoms with Gasteiger partial charge in [-0.15, -0.1) is 0 Å². The highest BCUT2D eigenvalue weighted by Crippen LogP contribution is 2.25. The van der Waals surface area contributed by atoms with E-state index in [0.717, 1.165) is 5.56 Å². The Hall–Kier alpha value is -2.80. The lowest BCUT2D eigenvalue weighted by Crippen LogP contribution is -2.00. The number of phenols is 1. The summed E-state index contributed by atoms with van der Waals surface area (Å²) in [6, 6.07) is 13.4. The van der Waals surface area contributed by atoms with Crippen molar-refractivity contribution in [3.8, 4) is 22.9 Å². The largest absolute Gasteiger partial charge is 0.508 e. The lowest BCUT2D eigenvalue weighted by atomic mass is 10.0. The number of rotatable bonds is 2. The quantitative estimate of drug-likeness (QED) is 0.835. The maximum absolute atomic E-state index is 11.3. The normalized spacial score (nSPS) is 9.68. The second-order valence-corrected chi connectivity index (χ2v) is 3.95. The second-order valence-electron chi connectivity index (χ2n) is 3.95. The van der Waals surface area contributed by atoms with Gasteiger partial charge in [0.1, 0.15) is 5.75 Å². The van der Waals surface area contributed by atoms with E-state index in [-0.39, 0.29) is 5.75 Å². The molecule has 0 atom stereocenters. The number of phenolic OH excluding ortho intramolecular Hbond substituents is 1. The van der Waals surface area contributed by atoms with Crippen LogP contribution in [0.2, 0.25) is 0 Å². The third kappa shape index (κ3) is 2.72. The molecule has 0 saturated carbocycles. The predicted molar refractivity (Wildman–Crippen MR) is 69.6 cm³/mol. The van der Waals surface area contributed by atoms with Gasteiger partial charge < -0.3 is 9.84 Å². The lowest BCUT2D eigenvalue weighted by molar-refractivity contribution is 0.0601. The van der Waals surface area contributed by atoms with Gasteiger partial charge in [0, 0.05) is 0 Å². The standard InChI is InChI=1S/C15H11NO3/c1-19-15(18)12-4-2-11(3-5-12)13-6-10(9-16)7-14(17)8-13/h2-8,17H,1H3. The zero-order valence-electron chi connectivity index (χ0n) is 10.3. The summed E-state index contributed by atoms with van der Waals surface area (Å²) in [7, 11) is 1.32. The topological polar surface area (TPSA) is 70.3 Å². The SMILES string of the molecule is COC(=O)c1ccc(-c2cc(O)cc(C#N)c2)cc1. The maximum Gasteiger partial charge on any atom is 0.337 e.